The summed E-state index contributed by atoms with van der Waals surface area (Å²) in [4.78, 5) is 31.7. The highest BCUT2D eigenvalue weighted by atomic mass is 16.5. The molecule has 2 aromatic carbocycles. The molecule has 0 aliphatic carbocycles. The summed E-state index contributed by atoms with van der Waals surface area (Å²) in [6.07, 6.45) is 0.162. The monoisotopic (exact) mass is 314 g/mol. The largest absolute Gasteiger partial charge is 0.482 e. The van der Waals surface area contributed by atoms with E-state index in [-0.39, 0.29) is 13.0 Å². The molecule has 3 rings (SSSR count). The van der Waals surface area contributed by atoms with Crippen molar-refractivity contribution >= 4 is 17.7 Å². The van der Waals surface area contributed by atoms with Crippen molar-refractivity contribution in [3.8, 4) is 11.5 Å². The molecular formula is C17H14O6. The highest BCUT2D eigenvalue weighted by molar-refractivity contribution is 6.35. The van der Waals surface area contributed by atoms with Gasteiger partial charge in [-0.05, 0) is 18.2 Å². The van der Waals surface area contributed by atoms with Crippen molar-refractivity contribution in [2.45, 2.75) is 6.42 Å². The minimum Gasteiger partial charge on any atom is -0.482 e. The lowest BCUT2D eigenvalue weighted by molar-refractivity contribution is -0.147. The second kappa shape index (κ2) is 7.74. The van der Waals surface area contributed by atoms with Crippen molar-refractivity contribution in [2.24, 2.45) is 0 Å². The van der Waals surface area contributed by atoms with E-state index in [4.69, 9.17) is 14.6 Å². The molecule has 0 spiro atoms. The number of Topliss-reactive ketones (excluding diaryl/α,β-unsaturated/α-hetero) is 1. The standard InChI is InChI=1S/C9H6O3.C8H8O3/c10-7-5-6-3-1-2-4-8(6)12-9(7)11;9-8(10)6-11-7-4-2-1-3-5-7/h1-4H,5H2;1-5H,6H2,(H,9,10). The fourth-order valence-corrected chi connectivity index (χ4v) is 1.81. The number of rotatable bonds is 3. The van der Waals surface area contributed by atoms with Crippen LogP contribution in [-0.4, -0.2) is 29.4 Å². The molecule has 0 aromatic heterocycles. The predicted molar refractivity (Wildman–Crippen MR) is 80.4 cm³/mol. The van der Waals surface area contributed by atoms with Crippen molar-refractivity contribution < 1.29 is 29.0 Å². The maximum absolute atomic E-state index is 10.9. The van der Waals surface area contributed by atoms with Crippen LogP contribution in [0.15, 0.2) is 54.6 Å². The Balaban J connectivity index is 0.000000168. The fraction of sp³-hybridized carbons (Fsp3) is 0.118. The van der Waals surface area contributed by atoms with Crippen LogP contribution >= 0.6 is 0 Å². The summed E-state index contributed by atoms with van der Waals surface area (Å²) in [5.41, 5.74) is 0.780. The molecule has 1 aliphatic heterocycles. The van der Waals surface area contributed by atoms with Crippen LogP contribution in [0.4, 0.5) is 0 Å². The number of ketones is 1. The molecule has 0 bridgehead atoms. The average Bonchev–Trinajstić information content (AvgIpc) is 2.56. The summed E-state index contributed by atoms with van der Waals surface area (Å²) in [6, 6.07) is 15.9. The number of hydrogen-bond acceptors (Lipinski definition) is 5. The molecule has 6 heteroatoms. The summed E-state index contributed by atoms with van der Waals surface area (Å²) in [5.74, 6) is -1.12. The van der Waals surface area contributed by atoms with Crippen LogP contribution in [0, 0.1) is 0 Å². The molecule has 0 unspecified atom stereocenters. The third-order valence-corrected chi connectivity index (χ3v) is 2.86. The Hall–Kier alpha value is -3.15. The number of para-hydroxylation sites is 2. The molecule has 0 amide bonds. The molecule has 118 valence electrons. The molecular weight excluding hydrogens is 300 g/mol. The first-order chi connectivity index (χ1) is 11.1. The lowest BCUT2D eigenvalue weighted by Crippen LogP contribution is -2.27. The number of carbonyl (C=O) groups is 3. The van der Waals surface area contributed by atoms with Gasteiger partial charge in [0, 0.05) is 12.0 Å². The first-order valence-corrected chi connectivity index (χ1v) is 6.79. The molecule has 1 heterocycles. The zero-order valence-electron chi connectivity index (χ0n) is 12.1. The van der Waals surface area contributed by atoms with Gasteiger partial charge in [-0.25, -0.2) is 9.59 Å². The predicted octanol–water partition coefficient (Wildman–Crippen LogP) is 1.87. The Kier molecular flexibility index (Phi) is 5.46. The van der Waals surface area contributed by atoms with E-state index in [1.165, 1.54) is 0 Å². The van der Waals surface area contributed by atoms with Crippen LogP contribution in [0.3, 0.4) is 0 Å². The van der Waals surface area contributed by atoms with Gasteiger partial charge < -0.3 is 14.6 Å². The molecule has 0 radical (unpaired) electrons. The second-order valence-electron chi connectivity index (χ2n) is 4.59. The number of carboxylic acids is 1. The van der Waals surface area contributed by atoms with E-state index < -0.39 is 17.7 Å². The topological polar surface area (TPSA) is 89.9 Å². The number of hydrogen-bond donors (Lipinski definition) is 1. The van der Waals surface area contributed by atoms with Gasteiger partial charge in [0.15, 0.2) is 6.61 Å². The van der Waals surface area contributed by atoms with Gasteiger partial charge >= 0.3 is 11.9 Å². The molecule has 0 fully saturated rings. The van der Waals surface area contributed by atoms with E-state index in [1.54, 1.807) is 42.5 Å². The van der Waals surface area contributed by atoms with E-state index in [2.05, 4.69) is 0 Å². The van der Waals surface area contributed by atoms with Gasteiger partial charge in [0.05, 0.1) is 0 Å². The highest BCUT2D eigenvalue weighted by Gasteiger charge is 2.24. The number of aliphatic carboxylic acids is 1. The zero-order chi connectivity index (χ0) is 16.7. The maximum atomic E-state index is 10.9. The quantitative estimate of drug-likeness (QED) is 0.528. The first kappa shape index (κ1) is 16.2. The van der Waals surface area contributed by atoms with Crippen LogP contribution in [0.1, 0.15) is 5.56 Å². The molecule has 6 nitrogen and oxygen atoms in total. The molecule has 1 N–H and O–H groups in total. The van der Waals surface area contributed by atoms with Crippen LogP contribution in [0.2, 0.25) is 0 Å². The lowest BCUT2D eigenvalue weighted by atomic mass is 10.1. The summed E-state index contributed by atoms with van der Waals surface area (Å²) in [6.45, 7) is -0.288. The minimum absolute atomic E-state index is 0.162. The molecule has 0 saturated heterocycles. The van der Waals surface area contributed by atoms with Gasteiger partial charge in [-0.15, -0.1) is 0 Å². The van der Waals surface area contributed by atoms with E-state index in [9.17, 15) is 14.4 Å². The van der Waals surface area contributed by atoms with Gasteiger partial charge in [0.2, 0.25) is 5.78 Å². The number of esters is 1. The molecule has 0 saturated carbocycles. The number of carboxylic acid groups (broad SMARTS) is 1. The van der Waals surface area contributed by atoms with Crippen LogP contribution in [0.25, 0.3) is 0 Å². The second-order valence-corrected chi connectivity index (χ2v) is 4.59. The van der Waals surface area contributed by atoms with Crippen LogP contribution in [-0.2, 0) is 20.8 Å². The summed E-state index contributed by atoms with van der Waals surface area (Å²) < 4.78 is 9.62. The Morgan fingerprint density at radius 1 is 1.04 bits per heavy atom. The smallest absolute Gasteiger partial charge is 0.380 e. The SMILES string of the molecule is O=C(O)COc1ccccc1.O=C1Cc2ccccc2OC1=O. The maximum Gasteiger partial charge on any atom is 0.380 e. The Morgan fingerprint density at radius 2 is 1.70 bits per heavy atom. The van der Waals surface area contributed by atoms with Crippen molar-refractivity contribution in [1.29, 1.82) is 0 Å². The van der Waals surface area contributed by atoms with Gasteiger partial charge in [-0.1, -0.05) is 36.4 Å². The molecule has 2 aromatic rings. The van der Waals surface area contributed by atoms with Crippen LogP contribution in [0.5, 0.6) is 11.5 Å². The van der Waals surface area contributed by atoms with Crippen molar-refractivity contribution in [3.05, 3.63) is 60.2 Å². The first-order valence-electron chi connectivity index (χ1n) is 6.79. The number of benzene rings is 2. The van der Waals surface area contributed by atoms with Crippen LogP contribution < -0.4 is 9.47 Å². The summed E-state index contributed by atoms with van der Waals surface area (Å²) in [7, 11) is 0. The summed E-state index contributed by atoms with van der Waals surface area (Å²) in [5, 5.41) is 8.25. The highest BCUT2D eigenvalue weighted by Crippen LogP contribution is 2.22. The number of ether oxygens (including phenoxy) is 2. The van der Waals surface area contributed by atoms with E-state index in [1.807, 2.05) is 12.1 Å². The third-order valence-electron chi connectivity index (χ3n) is 2.86. The molecule has 1 aliphatic rings. The average molecular weight is 314 g/mol. The van der Waals surface area contributed by atoms with E-state index in [0.29, 0.717) is 11.5 Å². The Bertz CT molecular complexity index is 673. The van der Waals surface area contributed by atoms with Crippen molar-refractivity contribution in [1.82, 2.24) is 0 Å². The van der Waals surface area contributed by atoms with Gasteiger partial charge in [-0.3, -0.25) is 4.79 Å². The zero-order valence-corrected chi connectivity index (χ0v) is 12.1. The minimum atomic E-state index is -0.964. The third kappa shape index (κ3) is 4.96. The van der Waals surface area contributed by atoms with Gasteiger partial charge in [0.25, 0.3) is 0 Å². The fourth-order valence-electron chi connectivity index (χ4n) is 1.81. The van der Waals surface area contributed by atoms with Gasteiger partial charge in [-0.2, -0.15) is 0 Å². The van der Waals surface area contributed by atoms with E-state index in [0.717, 1.165) is 5.56 Å². The number of fused-ring (bicyclic) bond motifs is 1. The normalized spacial score (nSPS) is 12.3. The lowest BCUT2D eigenvalue weighted by Gasteiger charge is -2.12. The summed E-state index contributed by atoms with van der Waals surface area (Å²) >= 11 is 0. The molecule has 23 heavy (non-hydrogen) atoms. The number of carbonyl (C=O) groups excluding carboxylic acids is 2. The van der Waals surface area contributed by atoms with Crippen molar-refractivity contribution in [2.75, 3.05) is 6.61 Å². The molecule has 0 atom stereocenters. The van der Waals surface area contributed by atoms with E-state index >= 15 is 0 Å². The Morgan fingerprint density at radius 3 is 2.39 bits per heavy atom. The Labute approximate surface area is 132 Å². The van der Waals surface area contributed by atoms with Crippen molar-refractivity contribution in [3.63, 3.8) is 0 Å². The van der Waals surface area contributed by atoms with Gasteiger partial charge in [0.1, 0.15) is 11.5 Å².